The summed E-state index contributed by atoms with van der Waals surface area (Å²) in [5.74, 6) is 1.24. The van der Waals surface area contributed by atoms with Crippen LogP contribution in [-0.2, 0) is 16.0 Å². The molecule has 0 bridgehead atoms. The number of hydrogen-bond donors (Lipinski definition) is 1. The van der Waals surface area contributed by atoms with Gasteiger partial charge in [-0.2, -0.15) is 0 Å². The molecule has 1 saturated heterocycles. The number of benzene rings is 1. The number of nitrogens with one attached hydrogen (secondary N) is 1. The van der Waals surface area contributed by atoms with Crippen LogP contribution in [0.15, 0.2) is 16.6 Å². The first kappa shape index (κ1) is 22.3. The van der Waals surface area contributed by atoms with E-state index >= 15 is 0 Å². The van der Waals surface area contributed by atoms with Crippen molar-refractivity contribution in [1.29, 1.82) is 0 Å². The predicted molar refractivity (Wildman–Crippen MR) is 110 cm³/mol. The van der Waals surface area contributed by atoms with E-state index in [1.807, 2.05) is 26.0 Å². The highest BCUT2D eigenvalue weighted by Gasteiger charge is 2.25. The lowest BCUT2D eigenvalue weighted by Gasteiger charge is -2.31. The van der Waals surface area contributed by atoms with Gasteiger partial charge in [0.1, 0.15) is 0 Å². The molecule has 1 aliphatic heterocycles. The number of carbonyl (C=O) groups is 2. The Bertz CT molecular complexity index is 675. The number of carbonyl (C=O) groups excluding carboxylic acids is 2. The number of piperidine rings is 1. The van der Waals surface area contributed by atoms with E-state index in [0.29, 0.717) is 44.4 Å². The van der Waals surface area contributed by atoms with Crippen LogP contribution in [0.25, 0.3) is 0 Å². The summed E-state index contributed by atoms with van der Waals surface area (Å²) in [6.07, 6.45) is 1.40. The first-order valence-electron chi connectivity index (χ1n) is 9.77. The topological polar surface area (TPSA) is 77.1 Å². The summed E-state index contributed by atoms with van der Waals surface area (Å²) in [6, 6.07) is 3.75. The van der Waals surface area contributed by atoms with Crippen molar-refractivity contribution < 1.29 is 23.8 Å². The van der Waals surface area contributed by atoms with Gasteiger partial charge >= 0.3 is 6.09 Å². The molecular weight excluding hydrogens is 428 g/mol. The minimum atomic E-state index is -0.283. The first-order valence-corrected chi connectivity index (χ1v) is 10.6. The fourth-order valence-corrected chi connectivity index (χ4v) is 3.58. The Labute approximate surface area is 174 Å². The van der Waals surface area contributed by atoms with E-state index in [-0.39, 0.29) is 24.5 Å². The summed E-state index contributed by atoms with van der Waals surface area (Å²) in [4.78, 5) is 26.0. The molecule has 8 heteroatoms. The standard InChI is InChI=1S/C20H29BrN2O5/c1-4-26-17-11-14(16(21)13-18(17)27-5-2)12-19(24)22-15-7-9-23(10-8-15)20(25)28-6-3/h11,13,15H,4-10,12H2,1-3H3,(H,22,24). The van der Waals surface area contributed by atoms with Gasteiger partial charge in [0.2, 0.25) is 5.91 Å². The number of nitrogens with zero attached hydrogens (tertiary/aromatic N) is 1. The summed E-state index contributed by atoms with van der Waals surface area (Å²) in [5.41, 5.74) is 0.841. The van der Waals surface area contributed by atoms with Gasteiger partial charge < -0.3 is 24.4 Å². The number of ether oxygens (including phenoxy) is 3. The van der Waals surface area contributed by atoms with Crippen LogP contribution >= 0.6 is 15.9 Å². The molecule has 0 radical (unpaired) electrons. The number of likely N-dealkylation sites (tertiary alicyclic amines) is 1. The number of hydrogen-bond acceptors (Lipinski definition) is 5. The van der Waals surface area contributed by atoms with E-state index < -0.39 is 0 Å². The van der Waals surface area contributed by atoms with Crippen molar-refractivity contribution in [2.24, 2.45) is 0 Å². The molecule has 0 atom stereocenters. The summed E-state index contributed by atoms with van der Waals surface area (Å²) >= 11 is 3.52. The molecule has 1 aliphatic rings. The van der Waals surface area contributed by atoms with Gasteiger partial charge in [-0.15, -0.1) is 0 Å². The molecule has 0 unspecified atom stereocenters. The van der Waals surface area contributed by atoms with Crippen molar-refractivity contribution in [2.75, 3.05) is 32.9 Å². The molecule has 28 heavy (non-hydrogen) atoms. The fourth-order valence-electron chi connectivity index (χ4n) is 3.12. The van der Waals surface area contributed by atoms with E-state index in [9.17, 15) is 9.59 Å². The SMILES string of the molecule is CCOC(=O)N1CCC(NC(=O)Cc2cc(OCC)c(OCC)cc2Br)CC1. The van der Waals surface area contributed by atoms with E-state index in [1.165, 1.54) is 0 Å². The molecule has 2 amide bonds. The van der Waals surface area contributed by atoms with E-state index in [1.54, 1.807) is 11.8 Å². The maximum absolute atomic E-state index is 12.5. The third-order valence-electron chi connectivity index (χ3n) is 4.45. The van der Waals surface area contributed by atoms with Gasteiger partial charge in [0.05, 0.1) is 26.2 Å². The summed E-state index contributed by atoms with van der Waals surface area (Å²) in [7, 11) is 0. The van der Waals surface area contributed by atoms with Gasteiger partial charge in [-0.25, -0.2) is 4.79 Å². The minimum absolute atomic E-state index is 0.0538. The Kier molecular flexibility index (Phi) is 8.89. The Morgan fingerprint density at radius 2 is 1.68 bits per heavy atom. The van der Waals surface area contributed by atoms with E-state index in [0.717, 1.165) is 22.9 Å². The lowest BCUT2D eigenvalue weighted by molar-refractivity contribution is -0.121. The molecule has 0 aliphatic carbocycles. The van der Waals surface area contributed by atoms with Gasteiger partial charge in [0.15, 0.2) is 11.5 Å². The van der Waals surface area contributed by atoms with E-state index in [2.05, 4.69) is 21.2 Å². The maximum Gasteiger partial charge on any atom is 0.409 e. The molecular formula is C20H29BrN2O5. The largest absolute Gasteiger partial charge is 0.490 e. The van der Waals surface area contributed by atoms with Crippen LogP contribution < -0.4 is 14.8 Å². The van der Waals surface area contributed by atoms with Crippen LogP contribution in [0.3, 0.4) is 0 Å². The van der Waals surface area contributed by atoms with Crippen LogP contribution in [0.4, 0.5) is 4.79 Å². The smallest absolute Gasteiger partial charge is 0.409 e. The highest BCUT2D eigenvalue weighted by Crippen LogP contribution is 2.34. The Hall–Kier alpha value is -1.96. The normalized spacial score (nSPS) is 14.5. The molecule has 0 aromatic heterocycles. The fraction of sp³-hybridized carbons (Fsp3) is 0.600. The monoisotopic (exact) mass is 456 g/mol. The van der Waals surface area contributed by atoms with Gasteiger partial charge in [-0.1, -0.05) is 15.9 Å². The molecule has 1 heterocycles. The first-order chi connectivity index (χ1) is 13.5. The Balaban J connectivity index is 1.92. The van der Waals surface area contributed by atoms with Crippen LogP contribution in [0, 0.1) is 0 Å². The molecule has 7 nitrogen and oxygen atoms in total. The van der Waals surface area contributed by atoms with Crippen molar-refractivity contribution in [1.82, 2.24) is 10.2 Å². The van der Waals surface area contributed by atoms with Gasteiger partial charge in [0.25, 0.3) is 0 Å². The van der Waals surface area contributed by atoms with E-state index in [4.69, 9.17) is 14.2 Å². The second-order valence-electron chi connectivity index (χ2n) is 6.46. The molecule has 0 spiro atoms. The highest BCUT2D eigenvalue weighted by molar-refractivity contribution is 9.10. The molecule has 1 aromatic rings. The van der Waals surface area contributed by atoms with Crippen molar-refractivity contribution >= 4 is 27.9 Å². The zero-order valence-corrected chi connectivity index (χ0v) is 18.3. The molecule has 156 valence electrons. The van der Waals surface area contributed by atoms with Crippen LogP contribution in [-0.4, -0.2) is 55.9 Å². The third-order valence-corrected chi connectivity index (χ3v) is 5.19. The highest BCUT2D eigenvalue weighted by atomic mass is 79.9. The molecule has 1 N–H and O–H groups in total. The van der Waals surface area contributed by atoms with Gasteiger partial charge in [0, 0.05) is 23.6 Å². The molecule has 2 rings (SSSR count). The number of amides is 2. The summed E-state index contributed by atoms with van der Waals surface area (Å²) in [5, 5.41) is 3.07. The minimum Gasteiger partial charge on any atom is -0.490 e. The second kappa shape index (κ2) is 11.1. The lowest BCUT2D eigenvalue weighted by atomic mass is 10.0. The van der Waals surface area contributed by atoms with Gasteiger partial charge in [-0.3, -0.25) is 4.79 Å². The summed E-state index contributed by atoms with van der Waals surface area (Å²) < 4.78 is 17.1. The second-order valence-corrected chi connectivity index (χ2v) is 7.32. The Morgan fingerprint density at radius 1 is 1.07 bits per heavy atom. The molecule has 1 aromatic carbocycles. The van der Waals surface area contributed by atoms with Gasteiger partial charge in [-0.05, 0) is 51.3 Å². The molecule has 1 fully saturated rings. The number of rotatable bonds is 8. The lowest BCUT2D eigenvalue weighted by Crippen LogP contribution is -2.47. The average Bonchev–Trinajstić information content (AvgIpc) is 2.66. The molecule has 0 saturated carbocycles. The quantitative estimate of drug-likeness (QED) is 0.647. The van der Waals surface area contributed by atoms with Crippen LogP contribution in [0.5, 0.6) is 11.5 Å². The third kappa shape index (κ3) is 6.29. The maximum atomic E-state index is 12.5. The average molecular weight is 457 g/mol. The zero-order valence-electron chi connectivity index (χ0n) is 16.8. The van der Waals surface area contributed by atoms with Crippen LogP contribution in [0.2, 0.25) is 0 Å². The van der Waals surface area contributed by atoms with Crippen molar-refractivity contribution in [2.45, 2.75) is 46.1 Å². The van der Waals surface area contributed by atoms with Crippen LogP contribution in [0.1, 0.15) is 39.2 Å². The Morgan fingerprint density at radius 3 is 2.25 bits per heavy atom. The summed E-state index contributed by atoms with van der Waals surface area (Å²) in [6.45, 7) is 8.22. The number of halogens is 1. The van der Waals surface area contributed by atoms with Crippen molar-refractivity contribution in [3.8, 4) is 11.5 Å². The van der Waals surface area contributed by atoms with Crippen molar-refractivity contribution in [3.63, 3.8) is 0 Å². The predicted octanol–water partition coefficient (Wildman–Crippen LogP) is 3.53. The zero-order chi connectivity index (χ0) is 20.5. The van der Waals surface area contributed by atoms with Crippen molar-refractivity contribution in [3.05, 3.63) is 22.2 Å².